The third kappa shape index (κ3) is 6.00. The summed E-state index contributed by atoms with van der Waals surface area (Å²) in [4.78, 5) is 42.5. The van der Waals surface area contributed by atoms with Gasteiger partial charge in [-0.15, -0.1) is 0 Å². The first kappa shape index (κ1) is 29.6. The molecule has 1 aromatic heterocycles. The normalized spacial score (nSPS) is 14.1. The van der Waals surface area contributed by atoms with Crippen LogP contribution < -0.4 is 26.4 Å². The first-order valence-corrected chi connectivity index (χ1v) is 15.2. The molecule has 0 radical (unpaired) electrons. The van der Waals surface area contributed by atoms with Gasteiger partial charge >= 0.3 is 0 Å². The van der Waals surface area contributed by atoms with Gasteiger partial charge < -0.3 is 31.4 Å². The second kappa shape index (κ2) is 12.6. The molecule has 1 aliphatic heterocycles. The Morgan fingerprint density at radius 3 is 2.44 bits per heavy atom. The Balaban J connectivity index is 1.34. The molecule has 6 N–H and O–H groups in total. The van der Waals surface area contributed by atoms with Crippen molar-refractivity contribution in [2.24, 2.45) is 11.5 Å². The minimum atomic E-state index is -0.548. The Kier molecular flexibility index (Phi) is 8.30. The van der Waals surface area contributed by atoms with Crippen molar-refractivity contribution < 1.29 is 19.1 Å². The van der Waals surface area contributed by atoms with E-state index in [-0.39, 0.29) is 19.1 Å². The van der Waals surface area contributed by atoms with Crippen molar-refractivity contribution in [2.75, 3.05) is 11.5 Å². The highest BCUT2D eigenvalue weighted by molar-refractivity contribution is 8.03. The number of primary amides is 2. The number of aromatic nitrogens is 1. The SMILES string of the molecule is Cc1c(-c2ccc(C(N)=O)c3[nH]c(-c4ccccc4CNC(=O)COc4ccccc4)cc23)cccc1N1C=CSC1C(N)=O. The number of aromatic amines is 1. The zero-order valence-electron chi connectivity index (χ0n) is 24.4. The number of anilines is 1. The second-order valence-electron chi connectivity index (χ2n) is 10.6. The summed E-state index contributed by atoms with van der Waals surface area (Å²) in [5, 5.41) is 5.08. The molecule has 2 heterocycles. The van der Waals surface area contributed by atoms with Gasteiger partial charge in [-0.3, -0.25) is 14.4 Å². The molecule has 0 saturated heterocycles. The number of carbonyl (C=O) groups is 3. The lowest BCUT2D eigenvalue weighted by Crippen LogP contribution is -2.37. The summed E-state index contributed by atoms with van der Waals surface area (Å²) in [6, 6.07) is 28.4. The quantitative estimate of drug-likeness (QED) is 0.164. The number of H-pyrrole nitrogens is 1. The fraction of sp³-hybridized carbons (Fsp3) is 0.114. The number of ether oxygens (including phenoxy) is 1. The van der Waals surface area contributed by atoms with Crippen LogP contribution in [0.15, 0.2) is 103 Å². The molecule has 0 saturated carbocycles. The largest absolute Gasteiger partial charge is 0.484 e. The summed E-state index contributed by atoms with van der Waals surface area (Å²) in [5.41, 5.74) is 18.6. The van der Waals surface area contributed by atoms with Gasteiger partial charge in [0.1, 0.15) is 5.75 Å². The van der Waals surface area contributed by atoms with Crippen LogP contribution in [0.25, 0.3) is 33.3 Å². The highest BCUT2D eigenvalue weighted by Crippen LogP contribution is 2.40. The molecule has 4 aromatic carbocycles. The summed E-state index contributed by atoms with van der Waals surface area (Å²) in [6.07, 6.45) is 1.86. The van der Waals surface area contributed by atoms with E-state index in [1.54, 1.807) is 18.2 Å². The van der Waals surface area contributed by atoms with Crippen LogP contribution >= 0.6 is 11.8 Å². The number of carbonyl (C=O) groups excluding carboxylic acids is 3. The lowest BCUT2D eigenvalue weighted by atomic mass is 9.94. The number of hydrogen-bond acceptors (Lipinski definition) is 6. The third-order valence-corrected chi connectivity index (χ3v) is 8.75. The van der Waals surface area contributed by atoms with E-state index < -0.39 is 17.2 Å². The monoisotopic (exact) mass is 617 g/mol. The summed E-state index contributed by atoms with van der Waals surface area (Å²) < 4.78 is 5.58. The van der Waals surface area contributed by atoms with Gasteiger partial charge in [-0.05, 0) is 64.9 Å². The zero-order valence-corrected chi connectivity index (χ0v) is 25.3. The average Bonchev–Trinajstić information content (AvgIpc) is 3.72. The Labute approximate surface area is 264 Å². The smallest absolute Gasteiger partial charge is 0.258 e. The highest BCUT2D eigenvalue weighted by atomic mass is 32.2. The molecule has 10 heteroatoms. The molecule has 0 fully saturated rings. The molecule has 0 spiro atoms. The molecule has 0 aliphatic carbocycles. The van der Waals surface area contributed by atoms with Gasteiger partial charge in [0, 0.05) is 35.1 Å². The molecule has 3 amide bonds. The number of hydrogen-bond donors (Lipinski definition) is 4. The highest BCUT2D eigenvalue weighted by Gasteiger charge is 2.28. The Morgan fingerprint density at radius 2 is 1.67 bits per heavy atom. The van der Waals surface area contributed by atoms with Gasteiger partial charge in [-0.1, -0.05) is 72.4 Å². The van der Waals surface area contributed by atoms with Gasteiger partial charge in [0.2, 0.25) is 0 Å². The molecule has 5 aromatic rings. The topological polar surface area (TPSA) is 144 Å². The van der Waals surface area contributed by atoms with Crippen LogP contribution in [0.3, 0.4) is 0 Å². The van der Waals surface area contributed by atoms with Crippen LogP contribution in [-0.2, 0) is 16.1 Å². The lowest BCUT2D eigenvalue weighted by molar-refractivity contribution is -0.123. The average molecular weight is 618 g/mol. The standard InChI is InChI=1S/C35H31N5O4S/c1-21-24(12-7-13-30(21)40-16-17-45-35(40)34(37)43)26-14-15-27(33(36)42)32-28(26)18-29(39-32)25-11-6-5-8-22(25)19-38-31(41)20-44-23-9-3-2-4-10-23/h2-18,35,39H,19-20H2,1H3,(H2,36,42)(H2,37,43)(H,38,41). The van der Waals surface area contributed by atoms with Crippen molar-refractivity contribution >= 4 is 46.1 Å². The van der Waals surface area contributed by atoms with E-state index in [1.165, 1.54) is 11.8 Å². The maximum Gasteiger partial charge on any atom is 0.258 e. The molecule has 1 unspecified atom stereocenters. The van der Waals surface area contributed by atoms with Crippen molar-refractivity contribution in [3.05, 3.63) is 119 Å². The van der Waals surface area contributed by atoms with Gasteiger partial charge in [0.05, 0.1) is 11.1 Å². The van der Waals surface area contributed by atoms with E-state index in [1.807, 2.05) is 96.2 Å². The van der Waals surface area contributed by atoms with Crippen LogP contribution in [0, 0.1) is 6.92 Å². The van der Waals surface area contributed by atoms with Gasteiger partial charge in [0.25, 0.3) is 17.7 Å². The molecule has 226 valence electrons. The van der Waals surface area contributed by atoms with Crippen molar-refractivity contribution in [2.45, 2.75) is 18.8 Å². The molecular formula is C35H31N5O4S. The summed E-state index contributed by atoms with van der Waals surface area (Å²) in [7, 11) is 0. The molecule has 6 rings (SSSR count). The fourth-order valence-corrected chi connectivity index (χ4v) is 6.38. The molecular weight excluding hydrogens is 586 g/mol. The minimum absolute atomic E-state index is 0.103. The van der Waals surface area contributed by atoms with E-state index in [0.29, 0.717) is 16.8 Å². The maximum atomic E-state index is 12.6. The third-order valence-electron chi connectivity index (χ3n) is 7.75. The number of benzene rings is 4. The van der Waals surface area contributed by atoms with Crippen LogP contribution in [0.5, 0.6) is 5.75 Å². The first-order chi connectivity index (χ1) is 21.8. The number of fused-ring (bicyclic) bond motifs is 1. The minimum Gasteiger partial charge on any atom is -0.484 e. The predicted octanol–water partition coefficient (Wildman–Crippen LogP) is 5.44. The zero-order chi connectivity index (χ0) is 31.5. The molecule has 1 aliphatic rings. The van der Waals surface area contributed by atoms with Gasteiger partial charge in [0.15, 0.2) is 12.0 Å². The molecule has 1 atom stereocenters. The number of amides is 3. The van der Waals surface area contributed by atoms with Crippen molar-refractivity contribution in [3.8, 4) is 28.1 Å². The Morgan fingerprint density at radius 1 is 0.911 bits per heavy atom. The van der Waals surface area contributed by atoms with E-state index in [2.05, 4.69) is 10.3 Å². The van der Waals surface area contributed by atoms with Gasteiger partial charge in [-0.2, -0.15) is 0 Å². The number of nitrogens with zero attached hydrogens (tertiary/aromatic N) is 1. The molecule has 0 bridgehead atoms. The number of para-hydroxylation sites is 1. The second-order valence-corrected chi connectivity index (χ2v) is 11.6. The summed E-state index contributed by atoms with van der Waals surface area (Å²) >= 11 is 1.36. The number of nitrogens with one attached hydrogen (secondary N) is 2. The maximum absolute atomic E-state index is 12.6. The van der Waals surface area contributed by atoms with Crippen LogP contribution in [-0.4, -0.2) is 34.7 Å². The van der Waals surface area contributed by atoms with Crippen LogP contribution in [0.4, 0.5) is 5.69 Å². The van der Waals surface area contributed by atoms with Crippen LogP contribution in [0.2, 0.25) is 0 Å². The van der Waals surface area contributed by atoms with E-state index in [4.69, 9.17) is 16.2 Å². The Bertz CT molecular complexity index is 1950. The fourth-order valence-electron chi connectivity index (χ4n) is 5.58. The van der Waals surface area contributed by atoms with E-state index in [9.17, 15) is 14.4 Å². The predicted molar refractivity (Wildman–Crippen MR) is 178 cm³/mol. The first-order valence-electron chi connectivity index (χ1n) is 14.3. The van der Waals surface area contributed by atoms with E-state index >= 15 is 0 Å². The van der Waals surface area contributed by atoms with Gasteiger partial charge in [-0.25, -0.2) is 0 Å². The Hall–Kier alpha value is -5.48. The van der Waals surface area contributed by atoms with Crippen molar-refractivity contribution in [1.82, 2.24) is 10.3 Å². The van der Waals surface area contributed by atoms with Crippen molar-refractivity contribution in [3.63, 3.8) is 0 Å². The van der Waals surface area contributed by atoms with E-state index in [0.717, 1.165) is 44.6 Å². The van der Waals surface area contributed by atoms with Crippen molar-refractivity contribution in [1.29, 1.82) is 0 Å². The number of nitrogens with two attached hydrogens (primary N) is 2. The number of thioether (sulfide) groups is 1. The summed E-state index contributed by atoms with van der Waals surface area (Å²) in [6.45, 7) is 2.18. The molecule has 9 nitrogen and oxygen atoms in total. The summed E-state index contributed by atoms with van der Waals surface area (Å²) in [5.74, 6) is -0.593. The van der Waals surface area contributed by atoms with Crippen LogP contribution in [0.1, 0.15) is 21.5 Å². The number of rotatable bonds is 10. The molecule has 45 heavy (non-hydrogen) atoms. The lowest BCUT2D eigenvalue weighted by Gasteiger charge is -2.25.